The summed E-state index contributed by atoms with van der Waals surface area (Å²) in [4.78, 5) is 11.8. The second-order valence-corrected chi connectivity index (χ2v) is 4.38. The van der Waals surface area contributed by atoms with Gasteiger partial charge in [0.2, 0.25) is 0 Å². The molecule has 0 atom stereocenters. The van der Waals surface area contributed by atoms with Crippen molar-refractivity contribution in [3.63, 3.8) is 0 Å². The molecule has 0 amide bonds. The van der Waals surface area contributed by atoms with Crippen LogP contribution in [0.15, 0.2) is 42.5 Å². The summed E-state index contributed by atoms with van der Waals surface area (Å²) in [6.45, 7) is 4.06. The molecule has 20 heavy (non-hydrogen) atoms. The molecule has 0 aliphatic carbocycles. The Kier molecular flexibility index (Phi) is 4.25. The summed E-state index contributed by atoms with van der Waals surface area (Å²) in [7, 11) is 0. The van der Waals surface area contributed by atoms with Crippen molar-refractivity contribution in [2.24, 2.45) is 0 Å². The highest BCUT2D eigenvalue weighted by molar-refractivity contribution is 5.95. The maximum Gasteiger partial charge on any atom is 0.340 e. The summed E-state index contributed by atoms with van der Waals surface area (Å²) in [5.41, 5.74) is 7.62. The fourth-order valence-electron chi connectivity index (χ4n) is 1.73. The van der Waals surface area contributed by atoms with Crippen molar-refractivity contribution in [3.8, 4) is 11.5 Å². The van der Waals surface area contributed by atoms with Gasteiger partial charge < -0.3 is 15.2 Å². The predicted octanol–water partition coefficient (Wildman–Crippen LogP) is 3.55. The van der Waals surface area contributed by atoms with Crippen LogP contribution in [0.2, 0.25) is 0 Å². The van der Waals surface area contributed by atoms with Crippen LogP contribution in [-0.2, 0) is 4.74 Å². The Morgan fingerprint density at radius 3 is 2.40 bits per heavy atom. The van der Waals surface area contributed by atoms with Gasteiger partial charge >= 0.3 is 5.97 Å². The summed E-state index contributed by atoms with van der Waals surface area (Å²) in [6.07, 6.45) is 0. The van der Waals surface area contributed by atoms with E-state index in [1.165, 1.54) is 0 Å². The molecule has 4 heteroatoms. The van der Waals surface area contributed by atoms with Crippen molar-refractivity contribution in [2.75, 3.05) is 12.3 Å². The Bertz CT molecular complexity index is 606. The third kappa shape index (κ3) is 3.29. The summed E-state index contributed by atoms with van der Waals surface area (Å²) in [5, 5.41) is 0. The average Bonchev–Trinajstić information content (AvgIpc) is 2.43. The van der Waals surface area contributed by atoms with Crippen molar-refractivity contribution in [1.29, 1.82) is 0 Å². The number of nitrogens with two attached hydrogens (primary N) is 1. The lowest BCUT2D eigenvalue weighted by atomic mass is 10.1. The third-order valence-corrected chi connectivity index (χ3v) is 2.78. The molecule has 0 heterocycles. The molecule has 2 N–H and O–H groups in total. The molecular formula is C16H17NO3. The Hall–Kier alpha value is -2.49. The number of anilines is 1. The highest BCUT2D eigenvalue weighted by atomic mass is 16.5. The summed E-state index contributed by atoms with van der Waals surface area (Å²) in [6, 6.07) is 12.6. The van der Waals surface area contributed by atoms with E-state index in [9.17, 15) is 4.79 Å². The molecule has 2 aromatic rings. The van der Waals surface area contributed by atoms with Crippen molar-refractivity contribution in [3.05, 3.63) is 53.6 Å². The average molecular weight is 271 g/mol. The Labute approximate surface area is 118 Å². The molecule has 0 spiro atoms. The molecule has 0 saturated carbocycles. The molecule has 0 aliphatic rings. The van der Waals surface area contributed by atoms with Gasteiger partial charge in [0.05, 0.1) is 12.2 Å². The first-order chi connectivity index (χ1) is 9.60. The number of nitrogen functional groups attached to an aromatic ring is 1. The maximum absolute atomic E-state index is 11.8. The summed E-state index contributed by atoms with van der Waals surface area (Å²) < 4.78 is 10.6. The molecule has 0 aromatic heterocycles. The van der Waals surface area contributed by atoms with Gasteiger partial charge in [-0.3, -0.25) is 0 Å². The summed E-state index contributed by atoms with van der Waals surface area (Å²) >= 11 is 0. The number of esters is 1. The van der Waals surface area contributed by atoms with Gasteiger partial charge in [-0.25, -0.2) is 4.79 Å². The zero-order chi connectivity index (χ0) is 14.5. The molecule has 104 valence electrons. The number of aryl methyl sites for hydroxylation is 1. The Balaban J connectivity index is 2.22. The highest BCUT2D eigenvalue weighted by Gasteiger charge is 2.12. The molecule has 4 nitrogen and oxygen atoms in total. The SMILES string of the molecule is CCOC(=O)c1cc(Oc2ccc(C)cc2)ccc1N. The first kappa shape index (κ1) is 13.9. The van der Waals surface area contributed by atoms with Crippen LogP contribution in [0.25, 0.3) is 0 Å². The predicted molar refractivity (Wildman–Crippen MR) is 78.1 cm³/mol. The number of carbonyl (C=O) groups is 1. The molecular weight excluding hydrogens is 254 g/mol. The van der Waals surface area contributed by atoms with E-state index in [0.717, 1.165) is 5.56 Å². The Morgan fingerprint density at radius 1 is 1.10 bits per heavy atom. The van der Waals surface area contributed by atoms with Crippen LogP contribution in [0.1, 0.15) is 22.8 Å². The molecule has 0 radical (unpaired) electrons. The van der Waals surface area contributed by atoms with E-state index >= 15 is 0 Å². The van der Waals surface area contributed by atoms with E-state index in [4.69, 9.17) is 15.2 Å². The van der Waals surface area contributed by atoms with Crippen LogP contribution in [0.5, 0.6) is 11.5 Å². The van der Waals surface area contributed by atoms with Crippen molar-refractivity contribution in [2.45, 2.75) is 13.8 Å². The van der Waals surface area contributed by atoms with E-state index in [-0.39, 0.29) is 0 Å². The van der Waals surface area contributed by atoms with E-state index < -0.39 is 5.97 Å². The minimum absolute atomic E-state index is 0.307. The lowest BCUT2D eigenvalue weighted by Gasteiger charge is -2.09. The standard InChI is InChI=1S/C16H17NO3/c1-3-19-16(18)14-10-13(8-9-15(14)17)20-12-6-4-11(2)5-7-12/h4-10H,3,17H2,1-2H3. The molecule has 2 aromatic carbocycles. The van der Waals surface area contributed by atoms with Crippen molar-refractivity contribution in [1.82, 2.24) is 0 Å². The lowest BCUT2D eigenvalue weighted by molar-refractivity contribution is 0.0527. The molecule has 0 bridgehead atoms. The zero-order valence-corrected chi connectivity index (χ0v) is 11.6. The van der Waals surface area contributed by atoms with Gasteiger partial charge in [-0.1, -0.05) is 17.7 Å². The van der Waals surface area contributed by atoms with Gasteiger partial charge in [-0.2, -0.15) is 0 Å². The second-order valence-electron chi connectivity index (χ2n) is 4.38. The fourth-order valence-corrected chi connectivity index (χ4v) is 1.73. The molecule has 2 rings (SSSR count). The third-order valence-electron chi connectivity index (χ3n) is 2.78. The van der Waals surface area contributed by atoms with Gasteiger partial charge in [0.15, 0.2) is 0 Å². The largest absolute Gasteiger partial charge is 0.462 e. The first-order valence-electron chi connectivity index (χ1n) is 6.41. The Morgan fingerprint density at radius 2 is 1.75 bits per heavy atom. The van der Waals surface area contributed by atoms with E-state index in [2.05, 4.69) is 0 Å². The van der Waals surface area contributed by atoms with Gasteiger partial charge in [0.1, 0.15) is 11.5 Å². The maximum atomic E-state index is 11.8. The van der Waals surface area contributed by atoms with Gasteiger partial charge in [-0.15, -0.1) is 0 Å². The quantitative estimate of drug-likeness (QED) is 0.682. The molecule has 0 fully saturated rings. The topological polar surface area (TPSA) is 61.5 Å². The van der Waals surface area contributed by atoms with Crippen LogP contribution in [0, 0.1) is 6.92 Å². The fraction of sp³-hybridized carbons (Fsp3) is 0.188. The van der Waals surface area contributed by atoms with Crippen molar-refractivity contribution >= 4 is 11.7 Å². The van der Waals surface area contributed by atoms with Gasteiger partial charge in [0, 0.05) is 5.69 Å². The van der Waals surface area contributed by atoms with Gasteiger partial charge in [-0.05, 0) is 44.2 Å². The smallest absolute Gasteiger partial charge is 0.340 e. The normalized spacial score (nSPS) is 10.1. The van der Waals surface area contributed by atoms with E-state index in [0.29, 0.717) is 29.4 Å². The second kappa shape index (κ2) is 6.10. The van der Waals surface area contributed by atoms with E-state index in [1.807, 2.05) is 31.2 Å². The number of rotatable bonds is 4. The number of ether oxygens (including phenoxy) is 2. The van der Waals surface area contributed by atoms with Crippen LogP contribution in [0.3, 0.4) is 0 Å². The van der Waals surface area contributed by atoms with Crippen LogP contribution in [-0.4, -0.2) is 12.6 Å². The van der Waals surface area contributed by atoms with Crippen LogP contribution >= 0.6 is 0 Å². The monoisotopic (exact) mass is 271 g/mol. The van der Waals surface area contributed by atoms with Gasteiger partial charge in [0.25, 0.3) is 0 Å². The molecule has 0 aliphatic heterocycles. The van der Waals surface area contributed by atoms with E-state index in [1.54, 1.807) is 25.1 Å². The van der Waals surface area contributed by atoms with Crippen LogP contribution < -0.4 is 10.5 Å². The lowest BCUT2D eigenvalue weighted by Crippen LogP contribution is -2.08. The number of hydrogen-bond donors (Lipinski definition) is 1. The highest BCUT2D eigenvalue weighted by Crippen LogP contribution is 2.25. The minimum Gasteiger partial charge on any atom is -0.462 e. The first-order valence-corrected chi connectivity index (χ1v) is 6.41. The molecule has 0 unspecified atom stereocenters. The summed E-state index contributed by atoms with van der Waals surface area (Å²) in [5.74, 6) is 0.806. The number of benzene rings is 2. The van der Waals surface area contributed by atoms with Crippen LogP contribution in [0.4, 0.5) is 5.69 Å². The molecule has 0 saturated heterocycles. The number of carbonyl (C=O) groups excluding carboxylic acids is 1. The van der Waals surface area contributed by atoms with Crippen molar-refractivity contribution < 1.29 is 14.3 Å². The zero-order valence-electron chi connectivity index (χ0n) is 11.6. The minimum atomic E-state index is -0.445. The number of hydrogen-bond acceptors (Lipinski definition) is 4.